The van der Waals surface area contributed by atoms with Crippen LogP contribution >= 0.6 is 22.7 Å². The van der Waals surface area contributed by atoms with E-state index >= 15 is 0 Å². The summed E-state index contributed by atoms with van der Waals surface area (Å²) in [6.45, 7) is 4.34. The molecule has 4 aromatic rings. The maximum Gasteiger partial charge on any atom is 0.315 e. The van der Waals surface area contributed by atoms with Crippen LogP contribution in [0.15, 0.2) is 36.4 Å². The van der Waals surface area contributed by atoms with Crippen molar-refractivity contribution < 1.29 is 9.59 Å². The molecule has 8 heteroatoms. The second-order valence-corrected chi connectivity index (χ2v) is 9.82. The van der Waals surface area contributed by atoms with Gasteiger partial charge in [-0.15, -0.1) is 0 Å². The van der Waals surface area contributed by atoms with Crippen LogP contribution in [0, 0.1) is 0 Å². The number of hydrogen-bond donors (Lipinski definition) is 2. The second kappa shape index (κ2) is 10.2. The van der Waals surface area contributed by atoms with E-state index in [4.69, 9.17) is 0 Å². The first kappa shape index (κ1) is 22.4. The van der Waals surface area contributed by atoms with Gasteiger partial charge in [-0.1, -0.05) is 61.5 Å². The number of amides is 2. The molecule has 166 valence electrons. The summed E-state index contributed by atoms with van der Waals surface area (Å²) in [5, 5.41) is 6.06. The lowest BCUT2D eigenvalue weighted by Gasteiger charge is -2.00. The molecule has 2 N–H and O–H groups in total. The molecule has 0 atom stereocenters. The number of carbonyl (C=O) groups is 2. The number of carbonyl (C=O) groups excluding carboxylic acids is 2. The average molecular weight is 467 g/mol. The second-order valence-electron chi connectivity index (χ2n) is 7.76. The Kier molecular flexibility index (Phi) is 7.12. The molecule has 6 nitrogen and oxygen atoms in total. The largest absolute Gasteiger partial charge is 0.315 e. The number of aromatic nitrogens is 2. The van der Waals surface area contributed by atoms with E-state index in [1.54, 1.807) is 0 Å². The molecule has 2 aromatic carbocycles. The van der Waals surface area contributed by atoms with Gasteiger partial charge in [0.2, 0.25) is 0 Å². The van der Waals surface area contributed by atoms with Gasteiger partial charge in [0, 0.05) is 0 Å². The molecular formula is C24H26N4O2S2. The van der Waals surface area contributed by atoms with Gasteiger partial charge < -0.3 is 0 Å². The molecule has 4 rings (SSSR count). The molecule has 0 aliphatic rings. The highest BCUT2D eigenvalue weighted by Gasteiger charge is 2.18. The Morgan fingerprint density at radius 3 is 1.59 bits per heavy atom. The van der Waals surface area contributed by atoms with Crippen LogP contribution in [-0.4, -0.2) is 21.8 Å². The molecule has 0 radical (unpaired) electrons. The fourth-order valence-electron chi connectivity index (χ4n) is 3.43. The third kappa shape index (κ3) is 5.31. The summed E-state index contributed by atoms with van der Waals surface area (Å²) in [4.78, 5) is 33.7. The molecule has 0 spiro atoms. The molecule has 0 bridgehead atoms. The van der Waals surface area contributed by atoms with Gasteiger partial charge in [-0.25, -0.2) is 9.97 Å². The van der Waals surface area contributed by atoms with Crippen molar-refractivity contribution >= 4 is 65.2 Å². The third-order valence-electron chi connectivity index (χ3n) is 5.19. The number of unbranched alkanes of at least 4 members (excludes halogenated alkanes) is 2. The highest BCUT2D eigenvalue weighted by atomic mass is 32.1. The van der Waals surface area contributed by atoms with Crippen LogP contribution in [0.1, 0.15) is 50.7 Å². The van der Waals surface area contributed by atoms with Gasteiger partial charge >= 0.3 is 11.8 Å². The van der Waals surface area contributed by atoms with Crippen molar-refractivity contribution in [2.75, 3.05) is 10.6 Å². The number of hydrogen-bond acceptors (Lipinski definition) is 6. The van der Waals surface area contributed by atoms with E-state index in [0.717, 1.165) is 59.0 Å². The predicted molar refractivity (Wildman–Crippen MR) is 134 cm³/mol. The fraction of sp³-hybridized carbons (Fsp3) is 0.333. The lowest BCUT2D eigenvalue weighted by molar-refractivity contribution is -0.132. The van der Waals surface area contributed by atoms with Crippen molar-refractivity contribution in [2.24, 2.45) is 0 Å². The molecule has 0 saturated heterocycles. The van der Waals surface area contributed by atoms with Gasteiger partial charge in [0.15, 0.2) is 10.3 Å². The molecule has 0 fully saturated rings. The SMILES string of the molecule is CCCCc1ccc2nc(NC(=O)C(=O)Nc3nc4ccc(CCCC)cc4s3)sc2c1. The van der Waals surface area contributed by atoms with Crippen molar-refractivity contribution in [3.05, 3.63) is 47.5 Å². The Hall–Kier alpha value is -2.84. The van der Waals surface area contributed by atoms with Crippen LogP contribution in [0.25, 0.3) is 20.4 Å². The fourth-order valence-corrected chi connectivity index (χ4v) is 5.27. The first-order valence-electron chi connectivity index (χ1n) is 11.0. The van der Waals surface area contributed by atoms with Crippen molar-refractivity contribution in [1.82, 2.24) is 9.97 Å². The van der Waals surface area contributed by atoms with Crippen molar-refractivity contribution in [3.8, 4) is 0 Å². The zero-order valence-corrected chi connectivity index (χ0v) is 19.9. The number of rotatable bonds is 8. The molecule has 0 aliphatic carbocycles. The Bertz CT molecular complexity index is 1160. The van der Waals surface area contributed by atoms with Gasteiger partial charge in [0.1, 0.15) is 0 Å². The zero-order valence-electron chi connectivity index (χ0n) is 18.2. The molecule has 2 aromatic heterocycles. The minimum absolute atomic E-state index is 0.414. The summed E-state index contributed by atoms with van der Waals surface area (Å²) in [7, 11) is 0. The number of thiazole rings is 2. The van der Waals surface area contributed by atoms with Crippen LogP contribution in [0.3, 0.4) is 0 Å². The summed E-state index contributed by atoms with van der Waals surface area (Å²) in [5.74, 6) is -1.50. The molecular weight excluding hydrogens is 440 g/mol. The topological polar surface area (TPSA) is 84.0 Å². The first-order valence-corrected chi connectivity index (χ1v) is 12.6. The van der Waals surface area contributed by atoms with Gasteiger partial charge in [0.25, 0.3) is 0 Å². The Morgan fingerprint density at radius 2 is 1.19 bits per heavy atom. The number of anilines is 2. The predicted octanol–water partition coefficient (Wildman–Crippen LogP) is 6.17. The van der Waals surface area contributed by atoms with E-state index in [1.807, 2.05) is 12.1 Å². The Labute approximate surface area is 195 Å². The van der Waals surface area contributed by atoms with Gasteiger partial charge in [-0.2, -0.15) is 0 Å². The zero-order chi connectivity index (χ0) is 22.5. The molecule has 0 unspecified atom stereocenters. The number of benzene rings is 2. The minimum atomic E-state index is -0.752. The lowest BCUT2D eigenvalue weighted by atomic mass is 10.1. The van der Waals surface area contributed by atoms with Gasteiger partial charge in [0.05, 0.1) is 20.4 Å². The van der Waals surface area contributed by atoms with Crippen LogP contribution in [0.2, 0.25) is 0 Å². The highest BCUT2D eigenvalue weighted by Crippen LogP contribution is 2.29. The monoisotopic (exact) mass is 466 g/mol. The molecule has 32 heavy (non-hydrogen) atoms. The summed E-state index contributed by atoms with van der Waals surface area (Å²) >= 11 is 2.75. The Morgan fingerprint density at radius 1 is 0.750 bits per heavy atom. The highest BCUT2D eigenvalue weighted by molar-refractivity contribution is 7.22. The molecule has 2 heterocycles. The van der Waals surface area contributed by atoms with Crippen LogP contribution in [-0.2, 0) is 22.4 Å². The number of nitrogens with one attached hydrogen (secondary N) is 2. The molecule has 0 saturated carbocycles. The van der Waals surface area contributed by atoms with Crippen molar-refractivity contribution in [3.63, 3.8) is 0 Å². The van der Waals surface area contributed by atoms with E-state index in [0.29, 0.717) is 10.3 Å². The van der Waals surface area contributed by atoms with Crippen LogP contribution in [0.4, 0.5) is 10.3 Å². The molecule has 0 aliphatic heterocycles. The summed E-state index contributed by atoms with van der Waals surface area (Å²) in [5.41, 5.74) is 4.15. The summed E-state index contributed by atoms with van der Waals surface area (Å²) in [6.07, 6.45) is 6.62. The number of nitrogens with zero attached hydrogens (tertiary/aromatic N) is 2. The first-order chi connectivity index (χ1) is 15.6. The quantitative estimate of drug-likeness (QED) is 0.304. The standard InChI is InChI=1S/C24H26N4O2S2/c1-3-5-7-15-9-11-17-19(13-15)31-23(25-17)27-21(29)22(30)28-24-26-18-12-10-16(8-6-4-2)14-20(18)32-24/h9-14H,3-8H2,1-2H3,(H,25,27,29)(H,26,28,30). The van der Waals surface area contributed by atoms with Gasteiger partial charge in [-0.3, -0.25) is 20.2 Å². The van der Waals surface area contributed by atoms with Crippen LogP contribution < -0.4 is 10.6 Å². The van der Waals surface area contributed by atoms with E-state index in [2.05, 4.69) is 58.7 Å². The van der Waals surface area contributed by atoms with Crippen molar-refractivity contribution in [2.45, 2.75) is 52.4 Å². The number of aryl methyl sites for hydroxylation is 2. The third-order valence-corrected chi connectivity index (χ3v) is 7.06. The minimum Gasteiger partial charge on any atom is -0.294 e. The Balaban J connectivity index is 1.40. The van der Waals surface area contributed by atoms with E-state index in [-0.39, 0.29) is 0 Å². The van der Waals surface area contributed by atoms with E-state index in [9.17, 15) is 9.59 Å². The smallest absolute Gasteiger partial charge is 0.294 e. The van der Waals surface area contributed by atoms with Crippen LogP contribution in [0.5, 0.6) is 0 Å². The lowest BCUT2D eigenvalue weighted by Crippen LogP contribution is -2.28. The summed E-state index contributed by atoms with van der Waals surface area (Å²) < 4.78 is 2.00. The normalized spacial score (nSPS) is 11.2. The molecule has 2 amide bonds. The van der Waals surface area contributed by atoms with Gasteiger partial charge in [-0.05, 0) is 61.1 Å². The average Bonchev–Trinajstić information content (AvgIpc) is 3.37. The maximum atomic E-state index is 12.4. The number of fused-ring (bicyclic) bond motifs is 2. The van der Waals surface area contributed by atoms with E-state index < -0.39 is 11.8 Å². The van der Waals surface area contributed by atoms with E-state index in [1.165, 1.54) is 33.8 Å². The van der Waals surface area contributed by atoms with Crippen molar-refractivity contribution in [1.29, 1.82) is 0 Å². The summed E-state index contributed by atoms with van der Waals surface area (Å²) in [6, 6.07) is 12.3. The maximum absolute atomic E-state index is 12.4.